The first kappa shape index (κ1) is 16.8. The van der Waals surface area contributed by atoms with Gasteiger partial charge in [-0.15, -0.1) is 11.3 Å². The van der Waals surface area contributed by atoms with Crippen LogP contribution in [0.5, 0.6) is 5.75 Å². The molecule has 0 spiro atoms. The minimum Gasteiger partial charge on any atom is -0.497 e. The van der Waals surface area contributed by atoms with Gasteiger partial charge in [0.1, 0.15) is 5.75 Å². The number of nitrogens with one attached hydrogen (secondary N) is 1. The molecule has 126 valence electrons. The normalized spacial score (nSPS) is 16.4. The van der Waals surface area contributed by atoms with E-state index in [0.717, 1.165) is 21.9 Å². The predicted molar refractivity (Wildman–Crippen MR) is 94.8 cm³/mol. The van der Waals surface area contributed by atoms with Gasteiger partial charge in [-0.05, 0) is 29.8 Å². The van der Waals surface area contributed by atoms with Crippen molar-refractivity contribution in [2.45, 2.75) is 25.5 Å². The molecule has 5 nitrogen and oxygen atoms in total. The van der Waals surface area contributed by atoms with Gasteiger partial charge >= 0.3 is 0 Å². The van der Waals surface area contributed by atoms with Crippen LogP contribution in [-0.2, 0) is 22.6 Å². The Bertz CT molecular complexity index is 760. The molecule has 0 aliphatic carbocycles. The number of amides is 1. The topological polar surface area (TPSA) is 59.9 Å². The Balaban J connectivity index is 1.49. The van der Waals surface area contributed by atoms with Gasteiger partial charge in [0.25, 0.3) is 5.91 Å². The molecule has 24 heavy (non-hydrogen) atoms. The Morgan fingerprint density at radius 3 is 3.08 bits per heavy atom. The van der Waals surface area contributed by atoms with Gasteiger partial charge in [-0.25, -0.2) is 0 Å². The second-order valence-electron chi connectivity index (χ2n) is 5.41. The van der Waals surface area contributed by atoms with Crippen molar-refractivity contribution < 1.29 is 14.4 Å². The molecule has 1 amide bonds. The van der Waals surface area contributed by atoms with E-state index >= 15 is 0 Å². The zero-order chi connectivity index (χ0) is 16.9. The fraction of sp³-hybridized carbons (Fsp3) is 0.294. The Morgan fingerprint density at radius 1 is 1.46 bits per heavy atom. The van der Waals surface area contributed by atoms with Crippen LogP contribution in [-0.4, -0.2) is 24.8 Å². The number of hydrogen-bond donors (Lipinski definition) is 1. The maximum atomic E-state index is 12.2. The van der Waals surface area contributed by atoms with E-state index in [1.165, 1.54) is 11.3 Å². The molecule has 1 atom stereocenters. The summed E-state index contributed by atoms with van der Waals surface area (Å²) in [6.45, 7) is 0.446. The predicted octanol–water partition coefficient (Wildman–Crippen LogP) is 3.41. The SMILES string of the molecule is COc1cccc(CC2=NOC(C(=O)NCc3ccc(Cl)s3)C2)c1. The van der Waals surface area contributed by atoms with Crippen LogP contribution in [0.2, 0.25) is 4.34 Å². The summed E-state index contributed by atoms with van der Waals surface area (Å²) in [6, 6.07) is 11.5. The highest BCUT2D eigenvalue weighted by Crippen LogP contribution is 2.22. The van der Waals surface area contributed by atoms with Crippen LogP contribution in [0.3, 0.4) is 0 Å². The maximum absolute atomic E-state index is 12.2. The molecule has 1 aromatic heterocycles. The van der Waals surface area contributed by atoms with E-state index in [-0.39, 0.29) is 5.91 Å². The van der Waals surface area contributed by atoms with Crippen molar-refractivity contribution in [2.24, 2.45) is 5.16 Å². The Labute approximate surface area is 149 Å². The third-order valence-corrected chi connectivity index (χ3v) is 4.86. The standard InChI is InChI=1S/C17H17ClN2O3S/c1-22-13-4-2-3-11(8-13)7-12-9-15(23-20-12)17(21)19-10-14-5-6-16(18)24-14/h2-6,8,15H,7,9-10H2,1H3,(H,19,21). The number of carbonyl (C=O) groups excluding carboxylic acids is 1. The summed E-state index contributed by atoms with van der Waals surface area (Å²) in [7, 11) is 1.64. The first-order valence-corrected chi connectivity index (χ1v) is 8.70. The number of methoxy groups -OCH3 is 1. The third-order valence-electron chi connectivity index (χ3n) is 3.63. The Morgan fingerprint density at radius 2 is 2.33 bits per heavy atom. The third kappa shape index (κ3) is 4.27. The lowest BCUT2D eigenvalue weighted by molar-refractivity contribution is -0.131. The molecule has 2 heterocycles. The number of rotatable bonds is 6. The number of halogens is 1. The second kappa shape index (κ2) is 7.68. The largest absolute Gasteiger partial charge is 0.497 e. The molecule has 1 aromatic carbocycles. The zero-order valence-corrected chi connectivity index (χ0v) is 14.7. The lowest BCUT2D eigenvalue weighted by atomic mass is 10.0. The van der Waals surface area contributed by atoms with Gasteiger partial charge in [-0.1, -0.05) is 28.9 Å². The van der Waals surface area contributed by atoms with Gasteiger partial charge < -0.3 is 14.9 Å². The molecule has 7 heteroatoms. The summed E-state index contributed by atoms with van der Waals surface area (Å²) in [5.41, 5.74) is 1.92. The summed E-state index contributed by atoms with van der Waals surface area (Å²) < 4.78 is 5.92. The highest BCUT2D eigenvalue weighted by molar-refractivity contribution is 7.16. The van der Waals surface area contributed by atoms with E-state index in [9.17, 15) is 4.79 Å². The summed E-state index contributed by atoms with van der Waals surface area (Å²) in [5, 5.41) is 6.90. The molecule has 0 bridgehead atoms. The van der Waals surface area contributed by atoms with Crippen molar-refractivity contribution in [3.63, 3.8) is 0 Å². The summed E-state index contributed by atoms with van der Waals surface area (Å²) >= 11 is 7.32. The number of thiophene rings is 1. The van der Waals surface area contributed by atoms with Crippen LogP contribution < -0.4 is 10.1 Å². The van der Waals surface area contributed by atoms with Gasteiger partial charge in [-0.2, -0.15) is 0 Å². The monoisotopic (exact) mass is 364 g/mol. The average Bonchev–Trinajstić information content (AvgIpc) is 3.22. The minimum absolute atomic E-state index is 0.163. The zero-order valence-electron chi connectivity index (χ0n) is 13.1. The number of benzene rings is 1. The highest BCUT2D eigenvalue weighted by atomic mass is 35.5. The van der Waals surface area contributed by atoms with Crippen molar-refractivity contribution in [1.82, 2.24) is 5.32 Å². The molecule has 1 aliphatic heterocycles. The van der Waals surface area contributed by atoms with E-state index < -0.39 is 6.10 Å². The average molecular weight is 365 g/mol. The molecule has 1 aliphatic rings. The quantitative estimate of drug-likeness (QED) is 0.854. The molecular formula is C17H17ClN2O3S. The van der Waals surface area contributed by atoms with Crippen LogP contribution in [0.25, 0.3) is 0 Å². The van der Waals surface area contributed by atoms with Gasteiger partial charge in [-0.3, -0.25) is 4.79 Å². The lowest BCUT2D eigenvalue weighted by Crippen LogP contribution is -2.34. The van der Waals surface area contributed by atoms with Crippen LogP contribution in [0, 0.1) is 0 Å². The Kier molecular flexibility index (Phi) is 5.37. The fourth-order valence-electron chi connectivity index (χ4n) is 2.42. The van der Waals surface area contributed by atoms with Crippen LogP contribution in [0.4, 0.5) is 0 Å². The molecule has 3 rings (SSSR count). The second-order valence-corrected chi connectivity index (χ2v) is 7.21. The number of hydrogen-bond acceptors (Lipinski definition) is 5. The number of oxime groups is 1. The van der Waals surface area contributed by atoms with Crippen molar-refractivity contribution in [3.8, 4) is 5.75 Å². The van der Waals surface area contributed by atoms with Crippen LogP contribution in [0.1, 0.15) is 16.9 Å². The van der Waals surface area contributed by atoms with Crippen LogP contribution >= 0.6 is 22.9 Å². The molecule has 0 fully saturated rings. The van der Waals surface area contributed by atoms with Crippen molar-refractivity contribution in [3.05, 3.63) is 51.2 Å². The summed E-state index contributed by atoms with van der Waals surface area (Å²) in [4.78, 5) is 18.4. The lowest BCUT2D eigenvalue weighted by Gasteiger charge is -2.08. The van der Waals surface area contributed by atoms with Gasteiger partial charge in [0.15, 0.2) is 0 Å². The van der Waals surface area contributed by atoms with E-state index in [0.29, 0.717) is 23.7 Å². The van der Waals surface area contributed by atoms with Gasteiger partial charge in [0.2, 0.25) is 6.10 Å². The van der Waals surface area contributed by atoms with E-state index in [4.69, 9.17) is 21.2 Å². The summed E-state index contributed by atoms with van der Waals surface area (Å²) in [6.07, 6.45) is 0.566. The van der Waals surface area contributed by atoms with E-state index in [1.54, 1.807) is 7.11 Å². The molecule has 1 N–H and O–H groups in total. The maximum Gasteiger partial charge on any atom is 0.264 e. The molecular weight excluding hydrogens is 348 g/mol. The molecule has 0 radical (unpaired) electrons. The first-order valence-electron chi connectivity index (χ1n) is 7.50. The van der Waals surface area contributed by atoms with Gasteiger partial charge in [0, 0.05) is 17.7 Å². The van der Waals surface area contributed by atoms with Crippen molar-refractivity contribution >= 4 is 34.6 Å². The van der Waals surface area contributed by atoms with Crippen LogP contribution in [0.15, 0.2) is 41.6 Å². The Hall–Kier alpha value is -2.05. The number of carbonyl (C=O) groups is 1. The number of nitrogens with zero attached hydrogens (tertiary/aromatic N) is 1. The first-order chi connectivity index (χ1) is 11.6. The number of ether oxygens (including phenoxy) is 1. The fourth-order valence-corrected chi connectivity index (χ4v) is 3.45. The van der Waals surface area contributed by atoms with E-state index in [1.807, 2.05) is 36.4 Å². The molecule has 0 saturated carbocycles. The minimum atomic E-state index is -0.568. The van der Waals surface area contributed by atoms with Crippen molar-refractivity contribution in [2.75, 3.05) is 7.11 Å². The molecule has 2 aromatic rings. The highest BCUT2D eigenvalue weighted by Gasteiger charge is 2.28. The smallest absolute Gasteiger partial charge is 0.264 e. The van der Waals surface area contributed by atoms with Crippen molar-refractivity contribution in [1.29, 1.82) is 0 Å². The molecule has 0 saturated heterocycles. The van der Waals surface area contributed by atoms with Gasteiger partial charge in [0.05, 0.1) is 23.7 Å². The van der Waals surface area contributed by atoms with E-state index in [2.05, 4.69) is 10.5 Å². The summed E-state index contributed by atoms with van der Waals surface area (Å²) in [5.74, 6) is 0.639. The molecule has 1 unspecified atom stereocenters.